The molecule has 0 saturated carbocycles. The van der Waals surface area contributed by atoms with Crippen LogP contribution in [0.2, 0.25) is 0 Å². The minimum absolute atomic E-state index is 0.475. The van der Waals surface area contributed by atoms with Crippen molar-refractivity contribution >= 4 is 0 Å². The molecule has 2 heterocycles. The van der Waals surface area contributed by atoms with E-state index in [1.54, 1.807) is 0 Å². The topological polar surface area (TPSA) is 42.7 Å². The van der Waals surface area contributed by atoms with Gasteiger partial charge < -0.3 is 5.32 Å². The number of rotatable bonds is 2. The van der Waals surface area contributed by atoms with Gasteiger partial charge in [0.1, 0.15) is 0 Å². The van der Waals surface area contributed by atoms with Crippen molar-refractivity contribution in [3.63, 3.8) is 0 Å². The number of nitrogens with zero attached hydrogens (tertiary/aromatic N) is 3. The molecular formula is C14H18N4. The smallest absolute Gasteiger partial charge is 0.0918 e. The number of aryl methyl sites for hydroxylation is 1. The third kappa shape index (κ3) is 2.04. The SMILES string of the molecule is Cc1nnn(C2CCNCC2)c1-c1ccccc1. The van der Waals surface area contributed by atoms with Crippen molar-refractivity contribution in [2.45, 2.75) is 25.8 Å². The zero-order valence-corrected chi connectivity index (χ0v) is 10.6. The zero-order valence-electron chi connectivity index (χ0n) is 10.6. The summed E-state index contributed by atoms with van der Waals surface area (Å²) >= 11 is 0. The summed E-state index contributed by atoms with van der Waals surface area (Å²) in [4.78, 5) is 0. The molecular weight excluding hydrogens is 224 g/mol. The summed E-state index contributed by atoms with van der Waals surface area (Å²) in [6.07, 6.45) is 2.26. The number of benzene rings is 1. The van der Waals surface area contributed by atoms with Crippen LogP contribution in [0.15, 0.2) is 30.3 Å². The predicted molar refractivity (Wildman–Crippen MR) is 71.3 cm³/mol. The maximum Gasteiger partial charge on any atom is 0.0918 e. The lowest BCUT2D eigenvalue weighted by atomic mass is 10.0. The molecule has 4 nitrogen and oxygen atoms in total. The molecule has 0 amide bonds. The van der Waals surface area contributed by atoms with Crippen molar-refractivity contribution in [2.24, 2.45) is 0 Å². The molecule has 0 aliphatic carbocycles. The molecule has 2 aromatic rings. The average molecular weight is 242 g/mol. The van der Waals surface area contributed by atoms with Crippen LogP contribution in [-0.4, -0.2) is 28.1 Å². The molecule has 1 aromatic heterocycles. The number of aromatic nitrogens is 3. The van der Waals surface area contributed by atoms with Gasteiger partial charge in [-0.25, -0.2) is 4.68 Å². The largest absolute Gasteiger partial charge is 0.317 e. The molecule has 0 bridgehead atoms. The second-order valence-corrected chi connectivity index (χ2v) is 4.82. The van der Waals surface area contributed by atoms with Crippen LogP contribution in [0, 0.1) is 6.92 Å². The highest BCUT2D eigenvalue weighted by atomic mass is 15.4. The van der Waals surface area contributed by atoms with Crippen LogP contribution in [-0.2, 0) is 0 Å². The van der Waals surface area contributed by atoms with Gasteiger partial charge in [-0.05, 0) is 32.9 Å². The summed E-state index contributed by atoms with van der Waals surface area (Å²) in [6.45, 7) is 4.17. The Kier molecular flexibility index (Phi) is 3.11. The molecule has 18 heavy (non-hydrogen) atoms. The van der Waals surface area contributed by atoms with Gasteiger partial charge in [0.25, 0.3) is 0 Å². The predicted octanol–water partition coefficient (Wildman–Crippen LogP) is 2.18. The van der Waals surface area contributed by atoms with E-state index in [4.69, 9.17) is 0 Å². The molecule has 1 N–H and O–H groups in total. The highest BCUT2D eigenvalue weighted by Crippen LogP contribution is 2.27. The molecule has 0 unspecified atom stereocenters. The third-order valence-electron chi connectivity index (χ3n) is 3.56. The van der Waals surface area contributed by atoms with Crippen molar-refractivity contribution in [2.75, 3.05) is 13.1 Å². The van der Waals surface area contributed by atoms with Gasteiger partial charge in [0.2, 0.25) is 0 Å². The van der Waals surface area contributed by atoms with E-state index in [1.807, 2.05) is 13.0 Å². The quantitative estimate of drug-likeness (QED) is 0.877. The Bertz CT molecular complexity index is 512. The Labute approximate surface area is 107 Å². The van der Waals surface area contributed by atoms with E-state index in [1.165, 1.54) is 11.3 Å². The van der Waals surface area contributed by atoms with Crippen LogP contribution in [0.5, 0.6) is 0 Å². The monoisotopic (exact) mass is 242 g/mol. The van der Waals surface area contributed by atoms with E-state index in [9.17, 15) is 0 Å². The van der Waals surface area contributed by atoms with Gasteiger partial charge in [-0.15, -0.1) is 5.10 Å². The third-order valence-corrected chi connectivity index (χ3v) is 3.56. The van der Waals surface area contributed by atoms with Crippen molar-refractivity contribution in [3.05, 3.63) is 36.0 Å². The van der Waals surface area contributed by atoms with Crippen LogP contribution in [0.1, 0.15) is 24.6 Å². The number of piperidine rings is 1. The minimum atomic E-state index is 0.475. The summed E-state index contributed by atoms with van der Waals surface area (Å²) in [5, 5.41) is 12.0. The van der Waals surface area contributed by atoms with Crippen molar-refractivity contribution in [3.8, 4) is 11.3 Å². The lowest BCUT2D eigenvalue weighted by molar-refractivity contribution is 0.340. The average Bonchev–Trinajstić information content (AvgIpc) is 2.83. The maximum absolute atomic E-state index is 4.35. The van der Waals surface area contributed by atoms with E-state index >= 15 is 0 Å². The van der Waals surface area contributed by atoms with Crippen LogP contribution in [0.25, 0.3) is 11.3 Å². The molecule has 94 valence electrons. The molecule has 0 radical (unpaired) electrons. The number of hydrogen-bond donors (Lipinski definition) is 1. The van der Waals surface area contributed by atoms with Crippen LogP contribution < -0.4 is 5.32 Å². The van der Waals surface area contributed by atoms with Gasteiger partial charge in [-0.1, -0.05) is 35.5 Å². The summed E-state index contributed by atoms with van der Waals surface area (Å²) in [7, 11) is 0. The van der Waals surface area contributed by atoms with Gasteiger partial charge in [0.05, 0.1) is 17.4 Å². The van der Waals surface area contributed by atoms with Crippen molar-refractivity contribution in [1.82, 2.24) is 20.3 Å². The van der Waals surface area contributed by atoms with E-state index in [0.29, 0.717) is 6.04 Å². The Balaban J connectivity index is 2.01. The molecule has 1 aliphatic heterocycles. The molecule has 3 rings (SSSR count). The van der Waals surface area contributed by atoms with E-state index < -0.39 is 0 Å². The van der Waals surface area contributed by atoms with Crippen molar-refractivity contribution < 1.29 is 0 Å². The lowest BCUT2D eigenvalue weighted by Gasteiger charge is -2.24. The summed E-state index contributed by atoms with van der Waals surface area (Å²) in [5.41, 5.74) is 3.39. The Morgan fingerprint density at radius 2 is 1.89 bits per heavy atom. The Hall–Kier alpha value is -1.68. The molecule has 1 fully saturated rings. The highest BCUT2D eigenvalue weighted by Gasteiger charge is 2.21. The van der Waals surface area contributed by atoms with Crippen LogP contribution in [0.4, 0.5) is 0 Å². The highest BCUT2D eigenvalue weighted by molar-refractivity contribution is 5.61. The van der Waals surface area contributed by atoms with E-state index in [-0.39, 0.29) is 0 Å². The standard InChI is InChI=1S/C14H18N4/c1-11-14(12-5-3-2-4-6-12)18(17-16-11)13-7-9-15-10-8-13/h2-6,13,15H,7-10H2,1H3. The first-order valence-corrected chi connectivity index (χ1v) is 6.54. The van der Waals surface area contributed by atoms with E-state index in [0.717, 1.165) is 31.6 Å². The first kappa shape index (κ1) is 11.4. The molecule has 1 saturated heterocycles. The number of nitrogens with one attached hydrogen (secondary N) is 1. The maximum atomic E-state index is 4.35. The van der Waals surface area contributed by atoms with Crippen LogP contribution in [0.3, 0.4) is 0 Å². The zero-order chi connectivity index (χ0) is 12.4. The van der Waals surface area contributed by atoms with Gasteiger partial charge in [0.15, 0.2) is 0 Å². The second kappa shape index (κ2) is 4.90. The Morgan fingerprint density at radius 1 is 1.17 bits per heavy atom. The second-order valence-electron chi connectivity index (χ2n) is 4.82. The molecule has 1 aromatic carbocycles. The number of hydrogen-bond acceptors (Lipinski definition) is 3. The van der Waals surface area contributed by atoms with Crippen molar-refractivity contribution in [1.29, 1.82) is 0 Å². The van der Waals surface area contributed by atoms with Gasteiger partial charge in [-0.3, -0.25) is 0 Å². The molecule has 1 aliphatic rings. The van der Waals surface area contributed by atoms with Gasteiger partial charge >= 0.3 is 0 Å². The minimum Gasteiger partial charge on any atom is -0.317 e. The van der Waals surface area contributed by atoms with Crippen LogP contribution >= 0.6 is 0 Å². The molecule has 0 spiro atoms. The summed E-state index contributed by atoms with van der Waals surface area (Å²) in [6, 6.07) is 10.9. The van der Waals surface area contributed by atoms with Gasteiger partial charge in [-0.2, -0.15) is 0 Å². The molecule has 4 heteroatoms. The fourth-order valence-corrected chi connectivity index (χ4v) is 2.62. The summed E-state index contributed by atoms with van der Waals surface area (Å²) < 4.78 is 2.12. The Morgan fingerprint density at radius 3 is 2.61 bits per heavy atom. The first-order valence-electron chi connectivity index (χ1n) is 6.54. The van der Waals surface area contributed by atoms with E-state index in [2.05, 4.69) is 44.6 Å². The lowest BCUT2D eigenvalue weighted by Crippen LogP contribution is -2.30. The fraction of sp³-hybridized carbons (Fsp3) is 0.429. The first-order chi connectivity index (χ1) is 8.86. The normalized spacial score (nSPS) is 16.9. The molecule has 0 atom stereocenters. The van der Waals surface area contributed by atoms with Gasteiger partial charge in [0, 0.05) is 5.56 Å². The fourth-order valence-electron chi connectivity index (χ4n) is 2.62. The summed E-state index contributed by atoms with van der Waals surface area (Å²) in [5.74, 6) is 0.